The summed E-state index contributed by atoms with van der Waals surface area (Å²) in [5.41, 5.74) is 2.02. The molecule has 1 N–H and O–H groups in total. The molecular formula is C12H13FN2O. The van der Waals surface area contributed by atoms with Gasteiger partial charge in [0.25, 0.3) is 0 Å². The maximum atomic E-state index is 13.6. The lowest BCUT2D eigenvalue weighted by atomic mass is 10.1. The largest absolute Gasteiger partial charge is 0.394 e. The van der Waals surface area contributed by atoms with Gasteiger partial charge in [0.15, 0.2) is 0 Å². The van der Waals surface area contributed by atoms with Crippen molar-refractivity contribution < 1.29 is 9.50 Å². The van der Waals surface area contributed by atoms with Crippen molar-refractivity contribution in [3.8, 4) is 11.3 Å². The number of hydrogen-bond acceptors (Lipinski definition) is 2. The summed E-state index contributed by atoms with van der Waals surface area (Å²) in [4.78, 5) is 0. The monoisotopic (exact) mass is 220 g/mol. The molecule has 0 atom stereocenters. The highest BCUT2D eigenvalue weighted by Gasteiger charge is 2.10. The Morgan fingerprint density at radius 2 is 2.12 bits per heavy atom. The number of aryl methyl sites for hydroxylation is 1. The van der Waals surface area contributed by atoms with Gasteiger partial charge in [0.05, 0.1) is 24.5 Å². The second-order valence-corrected chi connectivity index (χ2v) is 3.60. The van der Waals surface area contributed by atoms with E-state index in [-0.39, 0.29) is 12.4 Å². The smallest absolute Gasteiger partial charge is 0.132 e. The van der Waals surface area contributed by atoms with E-state index in [1.54, 1.807) is 22.9 Å². The van der Waals surface area contributed by atoms with Gasteiger partial charge in [0, 0.05) is 5.56 Å². The fourth-order valence-corrected chi connectivity index (χ4v) is 1.70. The van der Waals surface area contributed by atoms with Crippen molar-refractivity contribution in [3.63, 3.8) is 0 Å². The second kappa shape index (κ2) is 4.45. The Morgan fingerprint density at radius 1 is 1.38 bits per heavy atom. The summed E-state index contributed by atoms with van der Waals surface area (Å²) in [5.74, 6) is -0.276. The Morgan fingerprint density at radius 3 is 2.81 bits per heavy atom. The average molecular weight is 220 g/mol. The van der Waals surface area contributed by atoms with Crippen LogP contribution in [0.25, 0.3) is 11.3 Å². The number of halogens is 1. The quantitative estimate of drug-likeness (QED) is 0.859. The minimum atomic E-state index is -0.276. The van der Waals surface area contributed by atoms with Crippen molar-refractivity contribution in [2.75, 3.05) is 6.61 Å². The molecule has 0 bridgehead atoms. The van der Waals surface area contributed by atoms with Crippen LogP contribution in [0.1, 0.15) is 5.69 Å². The third kappa shape index (κ3) is 1.97. The summed E-state index contributed by atoms with van der Waals surface area (Å²) < 4.78 is 15.2. The van der Waals surface area contributed by atoms with Crippen molar-refractivity contribution in [2.45, 2.75) is 13.5 Å². The number of hydrogen-bond donors (Lipinski definition) is 1. The summed E-state index contributed by atoms with van der Waals surface area (Å²) in [7, 11) is 0. The van der Waals surface area contributed by atoms with Gasteiger partial charge in [0.1, 0.15) is 5.82 Å². The molecule has 1 heterocycles. The lowest BCUT2D eigenvalue weighted by molar-refractivity contribution is 0.270. The van der Waals surface area contributed by atoms with Crippen molar-refractivity contribution >= 4 is 0 Å². The number of aromatic nitrogens is 2. The van der Waals surface area contributed by atoms with E-state index in [1.807, 2.05) is 13.0 Å². The second-order valence-electron chi connectivity index (χ2n) is 3.60. The SMILES string of the molecule is Cc1cc(-c2ccccc2F)n(CCO)n1. The molecule has 1 aromatic heterocycles. The minimum Gasteiger partial charge on any atom is -0.394 e. The van der Waals surface area contributed by atoms with E-state index < -0.39 is 0 Å². The van der Waals surface area contributed by atoms with Crippen molar-refractivity contribution in [1.29, 1.82) is 0 Å². The van der Waals surface area contributed by atoms with Crippen LogP contribution in [0.3, 0.4) is 0 Å². The highest BCUT2D eigenvalue weighted by Crippen LogP contribution is 2.23. The molecule has 0 aliphatic rings. The first-order valence-electron chi connectivity index (χ1n) is 5.12. The van der Waals surface area contributed by atoms with Gasteiger partial charge in [-0.2, -0.15) is 5.10 Å². The fourth-order valence-electron chi connectivity index (χ4n) is 1.70. The van der Waals surface area contributed by atoms with Crippen LogP contribution < -0.4 is 0 Å². The van der Waals surface area contributed by atoms with Crippen LogP contribution in [0, 0.1) is 12.7 Å². The molecule has 0 aliphatic carbocycles. The van der Waals surface area contributed by atoms with Gasteiger partial charge in [-0.3, -0.25) is 4.68 Å². The van der Waals surface area contributed by atoms with Crippen molar-refractivity contribution in [3.05, 3.63) is 41.8 Å². The van der Waals surface area contributed by atoms with E-state index in [2.05, 4.69) is 5.10 Å². The first-order valence-corrected chi connectivity index (χ1v) is 5.12. The Bertz CT molecular complexity index is 494. The van der Waals surface area contributed by atoms with Crippen LogP contribution in [-0.4, -0.2) is 21.5 Å². The van der Waals surface area contributed by atoms with Crippen LogP contribution >= 0.6 is 0 Å². The van der Waals surface area contributed by atoms with E-state index in [4.69, 9.17) is 5.11 Å². The molecular weight excluding hydrogens is 207 g/mol. The molecule has 0 fully saturated rings. The third-order valence-corrected chi connectivity index (χ3v) is 2.36. The Labute approximate surface area is 93.2 Å². The fraction of sp³-hybridized carbons (Fsp3) is 0.250. The van der Waals surface area contributed by atoms with Gasteiger partial charge >= 0.3 is 0 Å². The molecule has 2 rings (SSSR count). The Balaban J connectivity index is 2.51. The molecule has 16 heavy (non-hydrogen) atoms. The van der Waals surface area contributed by atoms with Gasteiger partial charge in [-0.1, -0.05) is 12.1 Å². The molecule has 0 saturated heterocycles. The molecule has 0 unspecified atom stereocenters. The summed E-state index contributed by atoms with van der Waals surface area (Å²) in [6, 6.07) is 8.37. The van der Waals surface area contributed by atoms with Crippen molar-refractivity contribution in [2.24, 2.45) is 0 Å². The van der Waals surface area contributed by atoms with Crippen LogP contribution in [0.4, 0.5) is 4.39 Å². The van der Waals surface area contributed by atoms with Gasteiger partial charge in [0.2, 0.25) is 0 Å². The average Bonchev–Trinajstić information content (AvgIpc) is 2.61. The van der Waals surface area contributed by atoms with Gasteiger partial charge in [-0.15, -0.1) is 0 Å². The maximum absolute atomic E-state index is 13.6. The molecule has 4 heteroatoms. The molecule has 3 nitrogen and oxygen atoms in total. The summed E-state index contributed by atoms with van der Waals surface area (Å²) in [6.07, 6.45) is 0. The summed E-state index contributed by atoms with van der Waals surface area (Å²) >= 11 is 0. The summed E-state index contributed by atoms with van der Waals surface area (Å²) in [6.45, 7) is 2.21. The highest BCUT2D eigenvalue weighted by atomic mass is 19.1. The summed E-state index contributed by atoms with van der Waals surface area (Å²) in [5, 5.41) is 13.1. The van der Waals surface area contributed by atoms with Crippen LogP contribution in [0.5, 0.6) is 0 Å². The molecule has 0 spiro atoms. The van der Waals surface area contributed by atoms with Crippen molar-refractivity contribution in [1.82, 2.24) is 9.78 Å². The zero-order chi connectivity index (χ0) is 11.5. The molecule has 0 radical (unpaired) electrons. The van der Waals surface area contributed by atoms with Crippen LogP contribution in [0.2, 0.25) is 0 Å². The predicted octanol–water partition coefficient (Wildman–Crippen LogP) is 1.99. The van der Waals surface area contributed by atoms with Gasteiger partial charge < -0.3 is 5.11 Å². The maximum Gasteiger partial charge on any atom is 0.132 e. The van der Waals surface area contributed by atoms with Gasteiger partial charge in [-0.05, 0) is 25.1 Å². The van der Waals surface area contributed by atoms with E-state index in [9.17, 15) is 4.39 Å². The van der Waals surface area contributed by atoms with Crippen LogP contribution in [-0.2, 0) is 6.54 Å². The lowest BCUT2D eigenvalue weighted by Crippen LogP contribution is -2.06. The zero-order valence-electron chi connectivity index (χ0n) is 9.02. The van der Waals surface area contributed by atoms with E-state index in [1.165, 1.54) is 6.07 Å². The minimum absolute atomic E-state index is 0.0113. The number of nitrogens with zero attached hydrogens (tertiary/aromatic N) is 2. The topological polar surface area (TPSA) is 38.0 Å². The number of aliphatic hydroxyl groups excluding tert-OH is 1. The Hall–Kier alpha value is -1.68. The van der Waals surface area contributed by atoms with Crippen LogP contribution in [0.15, 0.2) is 30.3 Å². The zero-order valence-corrected chi connectivity index (χ0v) is 9.02. The molecule has 0 saturated carbocycles. The van der Waals surface area contributed by atoms with E-state index in [0.29, 0.717) is 17.8 Å². The number of benzene rings is 1. The number of rotatable bonds is 3. The Kier molecular flexibility index (Phi) is 3.01. The standard InChI is InChI=1S/C12H13FN2O/c1-9-8-12(15(14-9)6-7-16)10-4-2-3-5-11(10)13/h2-5,8,16H,6-7H2,1H3. The van der Waals surface area contributed by atoms with E-state index in [0.717, 1.165) is 5.69 Å². The first kappa shape index (κ1) is 10.8. The van der Waals surface area contributed by atoms with Gasteiger partial charge in [-0.25, -0.2) is 4.39 Å². The molecule has 2 aromatic rings. The first-order chi connectivity index (χ1) is 7.72. The predicted molar refractivity (Wildman–Crippen MR) is 59.4 cm³/mol. The third-order valence-electron chi connectivity index (χ3n) is 2.36. The van der Waals surface area contributed by atoms with E-state index >= 15 is 0 Å². The highest BCUT2D eigenvalue weighted by molar-refractivity contribution is 5.60. The molecule has 0 amide bonds. The number of aliphatic hydroxyl groups is 1. The normalized spacial score (nSPS) is 10.7. The molecule has 84 valence electrons. The molecule has 1 aromatic carbocycles. The lowest BCUT2D eigenvalue weighted by Gasteiger charge is -2.06. The molecule has 0 aliphatic heterocycles.